The van der Waals surface area contributed by atoms with Gasteiger partial charge in [0.25, 0.3) is 0 Å². The van der Waals surface area contributed by atoms with Gasteiger partial charge in [0.1, 0.15) is 23.7 Å². The molecule has 0 bridgehead atoms. The Labute approximate surface area is 102 Å². The lowest BCUT2D eigenvalue weighted by Gasteiger charge is -2.21. The minimum Gasteiger partial charge on any atom is -0.461 e. The van der Waals surface area contributed by atoms with Crippen LogP contribution in [0.25, 0.3) is 0 Å². The Bertz CT molecular complexity index is 268. The molecule has 5 heteroatoms. The van der Waals surface area contributed by atoms with Crippen LogP contribution in [0, 0.1) is 0 Å². The van der Waals surface area contributed by atoms with Gasteiger partial charge in [-0.15, -0.1) is 0 Å². The average Bonchev–Trinajstić information content (AvgIpc) is 2.27. The van der Waals surface area contributed by atoms with E-state index in [-0.39, 0.29) is 11.5 Å². The van der Waals surface area contributed by atoms with E-state index in [4.69, 9.17) is 14.9 Å². The number of aliphatic hydroxyl groups excluding tert-OH is 4. The molecule has 4 N–H and O–H groups in total. The Morgan fingerprint density at radius 1 is 0.824 bits per heavy atom. The van der Waals surface area contributed by atoms with Crippen LogP contribution in [0.15, 0.2) is 22.7 Å². The van der Waals surface area contributed by atoms with Gasteiger partial charge in [0.2, 0.25) is 0 Å². The maximum Gasteiger partial charge on any atom is 0.134 e. The van der Waals surface area contributed by atoms with Crippen molar-refractivity contribution in [3.63, 3.8) is 0 Å². The van der Waals surface area contributed by atoms with Crippen LogP contribution in [0.2, 0.25) is 0 Å². The summed E-state index contributed by atoms with van der Waals surface area (Å²) in [5, 5.41) is 37.0. The fraction of sp³-hybridized carbons (Fsp3) is 0.667. The highest BCUT2D eigenvalue weighted by Gasteiger charge is 2.20. The Morgan fingerprint density at radius 2 is 1.12 bits per heavy atom. The molecule has 0 saturated heterocycles. The summed E-state index contributed by atoms with van der Waals surface area (Å²) in [6, 6.07) is 0. The Hall–Kier alpha value is -0.880. The van der Waals surface area contributed by atoms with Gasteiger partial charge in [-0.25, -0.2) is 0 Å². The lowest BCUT2D eigenvalue weighted by Crippen LogP contribution is -2.24. The highest BCUT2D eigenvalue weighted by molar-refractivity contribution is 5.16. The van der Waals surface area contributed by atoms with Crippen molar-refractivity contribution in [1.82, 2.24) is 0 Å². The van der Waals surface area contributed by atoms with Crippen LogP contribution in [0.3, 0.4) is 0 Å². The molecule has 0 spiro atoms. The maximum atomic E-state index is 9.57. The Morgan fingerprint density at radius 3 is 1.29 bits per heavy atom. The van der Waals surface area contributed by atoms with E-state index in [1.165, 1.54) is 0 Å². The molecule has 0 saturated carbocycles. The third-order valence-corrected chi connectivity index (χ3v) is 2.16. The molecule has 17 heavy (non-hydrogen) atoms. The van der Waals surface area contributed by atoms with Gasteiger partial charge in [-0.05, 0) is 38.8 Å². The molecule has 2 unspecified atom stereocenters. The van der Waals surface area contributed by atoms with Gasteiger partial charge in [-0.3, -0.25) is 0 Å². The molecule has 2 atom stereocenters. The molecule has 0 radical (unpaired) electrons. The summed E-state index contributed by atoms with van der Waals surface area (Å²) in [5.41, 5.74) is 1.38. The van der Waals surface area contributed by atoms with E-state index in [0.29, 0.717) is 11.1 Å². The van der Waals surface area contributed by atoms with Crippen LogP contribution < -0.4 is 0 Å². The molecule has 0 aromatic carbocycles. The molecule has 0 rings (SSSR count). The standard InChI is InChI=1S/C12H22O5/c1-7(2)11(9(15)5-13)17-12(8(3)4)10(16)6-14/h9-10,13-16H,5-6H2,1-4H3. The topological polar surface area (TPSA) is 90.2 Å². The van der Waals surface area contributed by atoms with Gasteiger partial charge >= 0.3 is 0 Å². The highest BCUT2D eigenvalue weighted by Crippen LogP contribution is 2.20. The molecule has 0 aliphatic rings. The van der Waals surface area contributed by atoms with E-state index in [0.717, 1.165) is 0 Å². The van der Waals surface area contributed by atoms with Crippen molar-refractivity contribution >= 4 is 0 Å². The molecule has 0 amide bonds. The van der Waals surface area contributed by atoms with Crippen LogP contribution in [0.1, 0.15) is 27.7 Å². The van der Waals surface area contributed by atoms with E-state index in [1.54, 1.807) is 27.7 Å². The summed E-state index contributed by atoms with van der Waals surface area (Å²) in [5.74, 6) is 0.382. The summed E-state index contributed by atoms with van der Waals surface area (Å²) in [6.45, 7) is 5.96. The van der Waals surface area contributed by atoms with E-state index in [1.807, 2.05) is 0 Å². The smallest absolute Gasteiger partial charge is 0.134 e. The van der Waals surface area contributed by atoms with Crippen molar-refractivity contribution in [2.45, 2.75) is 39.9 Å². The van der Waals surface area contributed by atoms with Gasteiger partial charge in [0.05, 0.1) is 13.2 Å². The molecular formula is C12H22O5. The molecule has 0 heterocycles. The van der Waals surface area contributed by atoms with Crippen LogP contribution in [0.5, 0.6) is 0 Å². The predicted molar refractivity (Wildman–Crippen MR) is 64.0 cm³/mol. The first-order valence-corrected chi connectivity index (χ1v) is 5.45. The number of aliphatic hydroxyl groups is 4. The molecule has 0 aromatic rings. The van der Waals surface area contributed by atoms with Crippen LogP contribution in [-0.4, -0.2) is 45.8 Å². The van der Waals surface area contributed by atoms with Gasteiger partial charge in [-0.2, -0.15) is 0 Å². The summed E-state index contributed by atoms with van der Waals surface area (Å²) >= 11 is 0. The van der Waals surface area contributed by atoms with E-state index in [2.05, 4.69) is 0 Å². The lowest BCUT2D eigenvalue weighted by molar-refractivity contribution is 0.0388. The van der Waals surface area contributed by atoms with Gasteiger partial charge in [0, 0.05) is 0 Å². The molecule has 0 aliphatic heterocycles. The monoisotopic (exact) mass is 246 g/mol. The third kappa shape index (κ3) is 4.87. The van der Waals surface area contributed by atoms with E-state index >= 15 is 0 Å². The second-order valence-corrected chi connectivity index (χ2v) is 4.23. The molecule has 100 valence electrons. The molecule has 5 nitrogen and oxygen atoms in total. The van der Waals surface area contributed by atoms with Crippen molar-refractivity contribution in [2.24, 2.45) is 0 Å². The second-order valence-electron chi connectivity index (χ2n) is 4.23. The van der Waals surface area contributed by atoms with Gasteiger partial charge < -0.3 is 25.2 Å². The first-order valence-electron chi connectivity index (χ1n) is 5.45. The summed E-state index contributed by atoms with van der Waals surface area (Å²) in [6.07, 6.45) is -2.28. The van der Waals surface area contributed by atoms with E-state index < -0.39 is 25.4 Å². The van der Waals surface area contributed by atoms with Gasteiger partial charge in [0.15, 0.2) is 0 Å². The molecule has 0 fully saturated rings. The SMILES string of the molecule is CC(C)=C(OC(=C(C)C)C(O)CO)C(O)CO. The third-order valence-electron chi connectivity index (χ3n) is 2.16. The number of rotatable bonds is 6. The predicted octanol–water partition coefficient (Wildman–Crippen LogP) is 0.297. The quantitative estimate of drug-likeness (QED) is 0.506. The Balaban J connectivity index is 5.12. The summed E-state index contributed by atoms with van der Waals surface area (Å²) in [7, 11) is 0. The van der Waals surface area contributed by atoms with Crippen molar-refractivity contribution in [2.75, 3.05) is 13.2 Å². The largest absolute Gasteiger partial charge is 0.461 e. The van der Waals surface area contributed by atoms with Crippen LogP contribution in [0.4, 0.5) is 0 Å². The van der Waals surface area contributed by atoms with Crippen molar-refractivity contribution in [3.05, 3.63) is 22.7 Å². The zero-order valence-electron chi connectivity index (χ0n) is 10.8. The summed E-state index contributed by atoms with van der Waals surface area (Å²) in [4.78, 5) is 0. The fourth-order valence-electron chi connectivity index (χ4n) is 1.29. The minimum atomic E-state index is -1.14. The van der Waals surface area contributed by atoms with Crippen LogP contribution in [-0.2, 0) is 4.74 Å². The normalized spacial score (nSPS) is 13.9. The van der Waals surface area contributed by atoms with Crippen molar-refractivity contribution in [1.29, 1.82) is 0 Å². The lowest BCUT2D eigenvalue weighted by atomic mass is 10.1. The average molecular weight is 246 g/mol. The zero-order chi connectivity index (χ0) is 13.6. The first-order chi connectivity index (χ1) is 7.84. The number of allylic oxidation sites excluding steroid dienone is 2. The molecule has 0 aliphatic carbocycles. The van der Waals surface area contributed by atoms with Gasteiger partial charge in [-0.1, -0.05) is 0 Å². The minimum absolute atomic E-state index is 0.191. The van der Waals surface area contributed by atoms with Crippen molar-refractivity contribution < 1.29 is 25.2 Å². The fourth-order valence-corrected chi connectivity index (χ4v) is 1.29. The summed E-state index contributed by atoms with van der Waals surface area (Å²) < 4.78 is 5.42. The maximum absolute atomic E-state index is 9.57. The first kappa shape index (κ1) is 16.1. The highest BCUT2D eigenvalue weighted by atomic mass is 16.5. The van der Waals surface area contributed by atoms with Crippen molar-refractivity contribution in [3.8, 4) is 0 Å². The second kappa shape index (κ2) is 7.45. The number of hydrogen-bond donors (Lipinski definition) is 4. The number of hydrogen-bond acceptors (Lipinski definition) is 5. The van der Waals surface area contributed by atoms with E-state index in [9.17, 15) is 10.2 Å². The Kier molecular flexibility index (Phi) is 7.06. The van der Waals surface area contributed by atoms with Crippen LogP contribution >= 0.6 is 0 Å². The molecule has 0 aromatic heterocycles. The number of ether oxygens (including phenoxy) is 1. The molecular weight excluding hydrogens is 224 g/mol. The zero-order valence-corrected chi connectivity index (χ0v) is 10.8.